The number of carbonyl (C=O) groups is 1. The molecular weight excluding hydrogens is 230 g/mol. The Labute approximate surface area is 105 Å². The number of nitrogens with one attached hydrogen (secondary N) is 1. The lowest BCUT2D eigenvalue weighted by Gasteiger charge is -2.02. The summed E-state index contributed by atoms with van der Waals surface area (Å²) < 4.78 is 0. The van der Waals surface area contributed by atoms with Crippen LogP contribution in [0.25, 0.3) is 11.3 Å². The smallest absolute Gasteiger partial charge is 0.339 e. The molecule has 2 rings (SSSR count). The Morgan fingerprint density at radius 3 is 2.61 bits per heavy atom. The molecule has 0 unspecified atom stereocenters. The zero-order valence-corrected chi connectivity index (χ0v) is 10.1. The van der Waals surface area contributed by atoms with Crippen LogP contribution in [0.4, 0.5) is 0 Å². The molecule has 2 aromatic rings. The quantitative estimate of drug-likeness (QED) is 0.762. The monoisotopic (exact) mass is 245 g/mol. The summed E-state index contributed by atoms with van der Waals surface area (Å²) in [7, 11) is 0. The van der Waals surface area contributed by atoms with Gasteiger partial charge in [-0.05, 0) is 25.5 Å². The maximum Gasteiger partial charge on any atom is 0.339 e. The van der Waals surface area contributed by atoms with E-state index in [0.717, 1.165) is 17.5 Å². The second-order valence-electron chi connectivity index (χ2n) is 4.11. The minimum atomic E-state index is -0.970. The Hall–Kier alpha value is -2.14. The molecule has 0 aliphatic heterocycles. The van der Waals surface area contributed by atoms with Crippen LogP contribution >= 0.6 is 0 Å². The lowest BCUT2D eigenvalue weighted by Crippen LogP contribution is -2.02. The van der Waals surface area contributed by atoms with E-state index in [4.69, 9.17) is 10.8 Å². The van der Waals surface area contributed by atoms with Crippen molar-refractivity contribution in [2.45, 2.75) is 13.3 Å². The molecule has 0 spiro atoms. The van der Waals surface area contributed by atoms with Gasteiger partial charge >= 0.3 is 5.97 Å². The Balaban J connectivity index is 2.40. The fourth-order valence-electron chi connectivity index (χ4n) is 1.90. The maximum atomic E-state index is 11.2. The molecule has 0 saturated heterocycles. The number of hydrogen-bond donors (Lipinski definition) is 3. The first-order valence-corrected chi connectivity index (χ1v) is 5.71. The van der Waals surface area contributed by atoms with E-state index >= 15 is 0 Å². The fraction of sp³-hybridized carbons (Fsp3) is 0.231. The third-order valence-electron chi connectivity index (χ3n) is 2.82. The van der Waals surface area contributed by atoms with Crippen LogP contribution < -0.4 is 5.73 Å². The van der Waals surface area contributed by atoms with E-state index in [-0.39, 0.29) is 5.56 Å². The summed E-state index contributed by atoms with van der Waals surface area (Å²) in [6.45, 7) is 2.30. The summed E-state index contributed by atoms with van der Waals surface area (Å²) in [4.78, 5) is 11.2. The Bertz CT molecular complexity index is 558. The normalized spacial score (nSPS) is 10.6. The van der Waals surface area contributed by atoms with Crippen LogP contribution in [0.15, 0.2) is 24.3 Å². The number of aromatic amines is 1. The highest BCUT2D eigenvalue weighted by atomic mass is 16.4. The van der Waals surface area contributed by atoms with Gasteiger partial charge in [-0.3, -0.25) is 5.10 Å². The number of aryl methyl sites for hydroxylation is 1. The first kappa shape index (κ1) is 12.3. The van der Waals surface area contributed by atoms with E-state index < -0.39 is 5.97 Å². The third-order valence-corrected chi connectivity index (χ3v) is 2.82. The van der Waals surface area contributed by atoms with Crippen molar-refractivity contribution in [3.05, 3.63) is 41.1 Å². The minimum absolute atomic E-state index is 0.224. The van der Waals surface area contributed by atoms with Crippen molar-refractivity contribution in [2.75, 3.05) is 6.54 Å². The molecule has 18 heavy (non-hydrogen) atoms. The molecule has 0 atom stereocenters. The lowest BCUT2D eigenvalue weighted by molar-refractivity contribution is 0.0697. The predicted octanol–water partition coefficient (Wildman–Crippen LogP) is 1.58. The zero-order chi connectivity index (χ0) is 13.1. The highest BCUT2D eigenvalue weighted by Crippen LogP contribution is 2.24. The van der Waals surface area contributed by atoms with Crippen molar-refractivity contribution in [3.8, 4) is 11.3 Å². The van der Waals surface area contributed by atoms with E-state index in [9.17, 15) is 4.79 Å². The highest BCUT2D eigenvalue weighted by Gasteiger charge is 2.18. The highest BCUT2D eigenvalue weighted by molar-refractivity contribution is 5.96. The topological polar surface area (TPSA) is 92.0 Å². The molecule has 0 aliphatic rings. The molecule has 0 bridgehead atoms. The van der Waals surface area contributed by atoms with E-state index in [2.05, 4.69) is 10.2 Å². The Morgan fingerprint density at radius 1 is 1.39 bits per heavy atom. The lowest BCUT2D eigenvalue weighted by atomic mass is 10.0. The number of aromatic carboxylic acids is 1. The van der Waals surface area contributed by atoms with Gasteiger partial charge in [-0.2, -0.15) is 5.10 Å². The van der Waals surface area contributed by atoms with Gasteiger partial charge in [0, 0.05) is 11.3 Å². The molecule has 4 N–H and O–H groups in total. The molecule has 5 heteroatoms. The molecule has 0 saturated carbocycles. The molecule has 1 heterocycles. The zero-order valence-electron chi connectivity index (χ0n) is 10.1. The number of hydrogen-bond acceptors (Lipinski definition) is 3. The van der Waals surface area contributed by atoms with Crippen molar-refractivity contribution in [1.29, 1.82) is 0 Å². The van der Waals surface area contributed by atoms with Gasteiger partial charge in [-0.1, -0.05) is 24.3 Å². The molecule has 1 aromatic carbocycles. The molecule has 5 nitrogen and oxygen atoms in total. The summed E-state index contributed by atoms with van der Waals surface area (Å²) in [6.07, 6.45) is 0.811. The van der Waals surface area contributed by atoms with Gasteiger partial charge in [-0.25, -0.2) is 4.79 Å². The molecule has 1 aromatic heterocycles. The average Bonchev–Trinajstić information content (AvgIpc) is 2.73. The minimum Gasteiger partial charge on any atom is -0.478 e. The summed E-state index contributed by atoms with van der Waals surface area (Å²) in [5.74, 6) is -0.970. The molecule has 0 radical (unpaired) electrons. The molecule has 0 fully saturated rings. The summed E-state index contributed by atoms with van der Waals surface area (Å²) in [6, 6.07) is 7.62. The van der Waals surface area contributed by atoms with Gasteiger partial charge in [0.1, 0.15) is 11.3 Å². The van der Waals surface area contributed by atoms with Crippen LogP contribution in [0.3, 0.4) is 0 Å². The number of benzene rings is 1. The average molecular weight is 245 g/mol. The van der Waals surface area contributed by atoms with Crippen LogP contribution in [0.5, 0.6) is 0 Å². The SMILES string of the molecule is Cc1[nH]nc(-c2ccc(CCN)cc2)c1C(=O)O. The van der Waals surface area contributed by atoms with E-state index in [1.165, 1.54) is 0 Å². The van der Waals surface area contributed by atoms with Gasteiger partial charge in [0.15, 0.2) is 0 Å². The van der Waals surface area contributed by atoms with Crippen LogP contribution in [-0.4, -0.2) is 27.8 Å². The van der Waals surface area contributed by atoms with Gasteiger partial charge in [0.2, 0.25) is 0 Å². The van der Waals surface area contributed by atoms with Crippen LogP contribution in [0, 0.1) is 6.92 Å². The second-order valence-corrected chi connectivity index (χ2v) is 4.11. The predicted molar refractivity (Wildman–Crippen MR) is 68.5 cm³/mol. The van der Waals surface area contributed by atoms with Crippen molar-refractivity contribution in [3.63, 3.8) is 0 Å². The van der Waals surface area contributed by atoms with Crippen LogP contribution in [0.1, 0.15) is 21.6 Å². The Kier molecular flexibility index (Phi) is 3.43. The maximum absolute atomic E-state index is 11.2. The number of rotatable bonds is 4. The standard InChI is InChI=1S/C13H15N3O2/c1-8-11(13(17)18)12(16-15-8)10-4-2-9(3-5-10)6-7-14/h2-5H,6-7,14H2,1H3,(H,15,16)(H,17,18). The van der Waals surface area contributed by atoms with E-state index in [0.29, 0.717) is 17.9 Å². The molecule has 0 amide bonds. The van der Waals surface area contributed by atoms with Crippen molar-refractivity contribution in [1.82, 2.24) is 10.2 Å². The largest absolute Gasteiger partial charge is 0.478 e. The fourth-order valence-corrected chi connectivity index (χ4v) is 1.90. The summed E-state index contributed by atoms with van der Waals surface area (Å²) in [5, 5.41) is 15.9. The first-order chi connectivity index (χ1) is 8.63. The van der Waals surface area contributed by atoms with Crippen molar-refractivity contribution in [2.24, 2.45) is 5.73 Å². The number of nitrogens with zero attached hydrogens (tertiary/aromatic N) is 1. The number of carboxylic acid groups (broad SMARTS) is 1. The van der Waals surface area contributed by atoms with Gasteiger partial charge in [0.25, 0.3) is 0 Å². The second kappa shape index (κ2) is 5.01. The first-order valence-electron chi connectivity index (χ1n) is 5.71. The Morgan fingerprint density at radius 2 is 2.06 bits per heavy atom. The third kappa shape index (κ3) is 2.26. The van der Waals surface area contributed by atoms with Crippen molar-refractivity contribution >= 4 is 5.97 Å². The van der Waals surface area contributed by atoms with Gasteiger partial charge in [0.05, 0.1) is 0 Å². The van der Waals surface area contributed by atoms with Crippen molar-refractivity contribution < 1.29 is 9.90 Å². The molecular formula is C13H15N3O2. The molecule has 94 valence electrons. The molecule has 0 aliphatic carbocycles. The van der Waals surface area contributed by atoms with Crippen LogP contribution in [0.2, 0.25) is 0 Å². The number of nitrogens with two attached hydrogens (primary N) is 1. The number of carboxylic acids is 1. The van der Waals surface area contributed by atoms with Gasteiger partial charge in [-0.15, -0.1) is 0 Å². The van der Waals surface area contributed by atoms with E-state index in [1.54, 1.807) is 6.92 Å². The van der Waals surface area contributed by atoms with Crippen LogP contribution in [-0.2, 0) is 6.42 Å². The van der Waals surface area contributed by atoms with Gasteiger partial charge < -0.3 is 10.8 Å². The number of H-pyrrole nitrogens is 1. The van der Waals surface area contributed by atoms with E-state index in [1.807, 2.05) is 24.3 Å². The summed E-state index contributed by atoms with van der Waals surface area (Å²) in [5.41, 5.74) is 8.66. The summed E-state index contributed by atoms with van der Waals surface area (Å²) >= 11 is 0. The number of aromatic nitrogens is 2.